The fraction of sp³-hybridized carbons (Fsp3) is 0.730. The molecule has 0 aromatic heterocycles. The average molecular weight is 1170 g/mol. The Balaban J connectivity index is 1.89. The number of ketones is 1. The molecular formula is C63H103NO13Si3. The van der Waals surface area contributed by atoms with E-state index in [2.05, 4.69) is 80.8 Å². The number of Topliss-reactive ketones (excluding diaryl/α,β-unsaturated/α-hetero) is 1. The molecule has 4 aliphatic rings. The Labute approximate surface area is 484 Å². The van der Waals surface area contributed by atoms with Gasteiger partial charge in [-0.25, -0.2) is 4.79 Å². The molecule has 2 bridgehead atoms. The van der Waals surface area contributed by atoms with Crippen LogP contribution < -0.4 is 5.32 Å². The number of hydrogen-bond donors (Lipinski definition) is 2. The van der Waals surface area contributed by atoms with Gasteiger partial charge in [0.15, 0.2) is 42.4 Å². The van der Waals surface area contributed by atoms with E-state index in [9.17, 15) is 19.5 Å². The lowest BCUT2D eigenvalue weighted by molar-refractivity contribution is -0.346. The van der Waals surface area contributed by atoms with Crippen LogP contribution in [0.5, 0.6) is 0 Å². The molecule has 11 atom stereocenters. The highest BCUT2D eigenvalue weighted by atomic mass is 28.4. The van der Waals surface area contributed by atoms with Gasteiger partial charge in [0, 0.05) is 38.0 Å². The summed E-state index contributed by atoms with van der Waals surface area (Å²) in [4.78, 5) is 75.7. The van der Waals surface area contributed by atoms with Crippen LogP contribution in [0.4, 0.5) is 0 Å². The van der Waals surface area contributed by atoms with E-state index in [1.54, 1.807) is 6.08 Å². The minimum Gasteiger partial charge on any atom is -0.459 e. The molecule has 2 saturated carbocycles. The molecule has 14 nitrogen and oxygen atoms in total. The largest absolute Gasteiger partial charge is 0.459 e. The van der Waals surface area contributed by atoms with Crippen molar-refractivity contribution in [2.24, 2.45) is 16.7 Å². The number of unbranched alkanes of at least 4 members (excludes halogenated alkanes) is 4. The smallest absolute Gasteiger partial charge is 0.337 e. The summed E-state index contributed by atoms with van der Waals surface area (Å²) in [5.74, 6) is -3.83. The maximum atomic E-state index is 17.2. The van der Waals surface area contributed by atoms with Gasteiger partial charge in [0.05, 0.1) is 30.1 Å². The monoisotopic (exact) mass is 1170 g/mol. The number of nitrogens with one attached hydrogen (secondary N) is 1. The number of fused-ring (bicyclic) bond motifs is 5. The molecule has 1 aromatic rings. The summed E-state index contributed by atoms with van der Waals surface area (Å²) in [5, 5.41) is 17.5. The van der Waals surface area contributed by atoms with Gasteiger partial charge in [0.25, 0.3) is 0 Å². The van der Waals surface area contributed by atoms with Crippen LogP contribution in [0.2, 0.25) is 54.4 Å². The zero-order valence-corrected chi connectivity index (χ0v) is 54.9. The third-order valence-electron chi connectivity index (χ3n) is 20.1. The van der Waals surface area contributed by atoms with Gasteiger partial charge in [-0.3, -0.25) is 19.2 Å². The number of ether oxygens (including phenoxy) is 4. The number of aliphatic hydroxyl groups is 1. The summed E-state index contributed by atoms with van der Waals surface area (Å²) < 4.78 is 49.3. The lowest BCUT2D eigenvalue weighted by Crippen LogP contribution is -2.82. The second-order valence-electron chi connectivity index (χ2n) is 25.8. The normalized spacial score (nSPS) is 28.4. The molecule has 17 heteroatoms. The van der Waals surface area contributed by atoms with E-state index in [1.165, 1.54) is 6.92 Å². The zero-order chi connectivity index (χ0) is 59.9. The summed E-state index contributed by atoms with van der Waals surface area (Å²) >= 11 is 0. The summed E-state index contributed by atoms with van der Waals surface area (Å²) in [6, 6.07) is 12.6. The first-order valence-electron chi connectivity index (χ1n) is 30.3. The highest BCUT2D eigenvalue weighted by Crippen LogP contribution is 2.65. The van der Waals surface area contributed by atoms with Crippen LogP contribution >= 0.6 is 0 Å². The number of esters is 3. The Morgan fingerprint density at radius 2 is 1.39 bits per heavy atom. The molecular weight excluding hydrogens is 1060 g/mol. The van der Waals surface area contributed by atoms with Crippen molar-refractivity contribution in [2.75, 3.05) is 6.61 Å². The Morgan fingerprint density at radius 1 is 0.838 bits per heavy atom. The number of hydrogen-bond acceptors (Lipinski definition) is 13. The van der Waals surface area contributed by atoms with Crippen molar-refractivity contribution in [3.8, 4) is 0 Å². The number of carbonyl (C=O) groups is 5. The van der Waals surface area contributed by atoms with Crippen LogP contribution in [0.15, 0.2) is 66.8 Å². The second kappa shape index (κ2) is 27.0. The van der Waals surface area contributed by atoms with Crippen LogP contribution in [0.1, 0.15) is 173 Å². The van der Waals surface area contributed by atoms with Gasteiger partial charge in [0.1, 0.15) is 30.0 Å². The van der Waals surface area contributed by atoms with Crippen molar-refractivity contribution in [1.29, 1.82) is 0 Å². The van der Waals surface area contributed by atoms with Crippen LogP contribution in [0.25, 0.3) is 0 Å². The second-order valence-corrected chi connectivity index (χ2v) is 40.0. The molecule has 80 heavy (non-hydrogen) atoms. The first kappa shape index (κ1) is 67.2. The molecule has 3 fully saturated rings. The van der Waals surface area contributed by atoms with Crippen molar-refractivity contribution in [1.82, 2.24) is 5.32 Å². The van der Waals surface area contributed by atoms with Gasteiger partial charge in [-0.05, 0) is 123 Å². The van der Waals surface area contributed by atoms with Gasteiger partial charge in [-0.2, -0.15) is 0 Å². The number of benzene rings is 1. The predicted molar refractivity (Wildman–Crippen MR) is 322 cm³/mol. The first-order valence-corrected chi connectivity index (χ1v) is 38.2. The molecule has 0 unspecified atom stereocenters. The van der Waals surface area contributed by atoms with Crippen LogP contribution in [0, 0.1) is 16.7 Å². The van der Waals surface area contributed by atoms with Crippen molar-refractivity contribution in [2.45, 2.75) is 269 Å². The lowest BCUT2D eigenvalue weighted by Gasteiger charge is -2.68. The van der Waals surface area contributed by atoms with E-state index < -0.39 is 113 Å². The van der Waals surface area contributed by atoms with Gasteiger partial charge in [0.2, 0.25) is 5.91 Å². The van der Waals surface area contributed by atoms with Gasteiger partial charge in [-0.1, -0.05) is 119 Å². The van der Waals surface area contributed by atoms with E-state index in [-0.39, 0.29) is 49.0 Å². The van der Waals surface area contributed by atoms with Crippen LogP contribution in [0.3, 0.4) is 0 Å². The first-order chi connectivity index (χ1) is 37.5. The maximum absolute atomic E-state index is 17.2. The number of amides is 1. The third-order valence-corrected chi connectivity index (χ3v) is 33.8. The summed E-state index contributed by atoms with van der Waals surface area (Å²) in [6.45, 7) is 39.3. The molecule has 2 N–H and O–H groups in total. The molecule has 1 aliphatic heterocycles. The van der Waals surface area contributed by atoms with Gasteiger partial charge in [-0.15, -0.1) is 13.2 Å². The van der Waals surface area contributed by atoms with Gasteiger partial charge < -0.3 is 42.6 Å². The third kappa shape index (κ3) is 13.3. The fourth-order valence-electron chi connectivity index (χ4n) is 13.3. The average Bonchev–Trinajstić information content (AvgIpc) is 3.59. The molecule has 0 spiro atoms. The minimum atomic E-state index is -2.88. The SMILES string of the molecule is C=CCCCCC(=O)N[C@@H](c1ccccc1)[C@@H](O[Si](C)(C)C(C)(C)C)C(=O)O[C@H]1C[C@@]2(O)[C@@H](OC(=O)CCCCC=C)[C@@H]3[C@]4(OC(C)=O)CO[C@@H]4C[C@H](O[Si](CC)(CC)CC)[C@@]3(C)C(=O)[C@H](O[Si](CC)(CC)CC)C(=C1C)C2(C)C. The van der Waals surface area contributed by atoms with E-state index >= 15 is 9.59 Å². The van der Waals surface area contributed by atoms with E-state index in [1.807, 2.05) is 77.2 Å². The lowest BCUT2D eigenvalue weighted by atomic mass is 9.44. The minimum absolute atomic E-state index is 0.00695. The molecule has 450 valence electrons. The highest BCUT2D eigenvalue weighted by Gasteiger charge is 2.79. The summed E-state index contributed by atoms with van der Waals surface area (Å²) in [5.41, 5.74) is -5.19. The number of carbonyl (C=O) groups excluding carboxylic acids is 5. The van der Waals surface area contributed by atoms with E-state index in [0.29, 0.717) is 60.5 Å². The Morgan fingerprint density at radius 3 is 1.89 bits per heavy atom. The van der Waals surface area contributed by atoms with Gasteiger partial charge >= 0.3 is 17.9 Å². The molecule has 1 amide bonds. The topological polar surface area (TPSA) is 182 Å². The fourth-order valence-corrected chi connectivity index (χ4v) is 20.2. The molecule has 1 heterocycles. The van der Waals surface area contributed by atoms with Crippen molar-refractivity contribution in [3.05, 3.63) is 72.4 Å². The Hall–Kier alpha value is -3.56. The number of allylic oxidation sites excluding steroid dienone is 2. The van der Waals surface area contributed by atoms with E-state index in [4.69, 9.17) is 32.2 Å². The standard InChI is InChI=1S/C63H103NO13Si3/c1-19-27-29-34-38-49(66)64-52(45-36-32-31-33-37-45)54(76-78(17,18)59(11,12)13)58(69)72-46-41-63(70)57(73-50(67)39-35-30-28-20-2)55-61(16,56(68)53(51(43(46)9)60(63,14)15)77-80(24-6,25-7)26-8)47(75-79(21-3,22-4)23-5)40-48-62(55,42-71-48)74-44(10)65/h19-20,31-33,36-37,46-48,52-55,57,70H,1-2,21-30,34-35,38-42H2,3-18H3,(H,64,66)/t46-,47-,48+,52-,53+,54+,55-,57-,61+,62-,63+/m0/s1. The Kier molecular flexibility index (Phi) is 22.7. The van der Waals surface area contributed by atoms with Crippen molar-refractivity contribution in [3.63, 3.8) is 0 Å². The molecule has 3 aliphatic carbocycles. The molecule has 1 aromatic carbocycles. The summed E-state index contributed by atoms with van der Waals surface area (Å²) in [6.07, 6.45) is 0.567. The highest BCUT2D eigenvalue weighted by molar-refractivity contribution is 6.74. The van der Waals surface area contributed by atoms with Crippen molar-refractivity contribution < 1.29 is 61.3 Å². The zero-order valence-electron chi connectivity index (χ0n) is 51.9. The van der Waals surface area contributed by atoms with Crippen LogP contribution in [-0.2, 0) is 56.2 Å². The maximum Gasteiger partial charge on any atom is 0.337 e. The quantitative estimate of drug-likeness (QED) is 0.0254. The van der Waals surface area contributed by atoms with E-state index in [0.717, 1.165) is 31.0 Å². The summed E-state index contributed by atoms with van der Waals surface area (Å²) in [7, 11) is -8.27. The predicted octanol–water partition coefficient (Wildman–Crippen LogP) is 13.1. The van der Waals surface area contributed by atoms with Crippen LogP contribution in [-0.4, -0.2) is 114 Å². The molecule has 1 saturated heterocycles. The molecule has 0 radical (unpaired) electrons. The molecule has 5 rings (SSSR count). The number of rotatable bonds is 29. The van der Waals surface area contributed by atoms with Crippen molar-refractivity contribution >= 4 is 54.6 Å². The Bertz CT molecular complexity index is 2360.